The molecule has 3 nitrogen and oxygen atoms in total. The number of unbranched alkanes of at least 4 members (excludes halogenated alkanes) is 1. The van der Waals surface area contributed by atoms with E-state index in [1.165, 1.54) is 0 Å². The van der Waals surface area contributed by atoms with Crippen molar-refractivity contribution in [3.05, 3.63) is 0 Å². The number of nitrogens with one attached hydrogen (secondary N) is 1. The van der Waals surface area contributed by atoms with E-state index in [2.05, 4.69) is 30.0 Å². The van der Waals surface area contributed by atoms with Gasteiger partial charge in [-0.1, -0.05) is 0 Å². The molecule has 0 aromatic rings. The van der Waals surface area contributed by atoms with Crippen molar-refractivity contribution in [1.29, 1.82) is 0 Å². The van der Waals surface area contributed by atoms with E-state index in [4.69, 9.17) is 11.2 Å². The van der Waals surface area contributed by atoms with Crippen molar-refractivity contribution in [3.8, 4) is 12.3 Å². The predicted octanol–water partition coefficient (Wildman–Crippen LogP) is 1.49. The van der Waals surface area contributed by atoms with E-state index in [-0.39, 0.29) is 0 Å². The standard InChI is InChI=1S/C14H26N2O/c1-5-6-7-8-13(15-4)14-11-16(12(2)3)9-10-17-14/h1,12-15H,6-11H2,2-4H3. The summed E-state index contributed by atoms with van der Waals surface area (Å²) in [5.74, 6) is 2.70. The fraction of sp³-hybridized carbons (Fsp3) is 0.857. The third-order valence-corrected chi connectivity index (χ3v) is 3.51. The van der Waals surface area contributed by atoms with Gasteiger partial charge in [0.15, 0.2) is 0 Å². The fourth-order valence-electron chi connectivity index (χ4n) is 2.35. The molecule has 1 aliphatic rings. The van der Waals surface area contributed by atoms with Crippen LogP contribution >= 0.6 is 0 Å². The Labute approximate surface area is 106 Å². The average molecular weight is 238 g/mol. The molecule has 1 saturated heterocycles. The molecule has 0 amide bonds. The number of terminal acetylenes is 1. The molecule has 98 valence electrons. The first-order valence-electron chi connectivity index (χ1n) is 6.65. The van der Waals surface area contributed by atoms with E-state index in [0.717, 1.165) is 39.0 Å². The highest BCUT2D eigenvalue weighted by molar-refractivity contribution is 4.87. The summed E-state index contributed by atoms with van der Waals surface area (Å²) in [5.41, 5.74) is 0. The number of likely N-dealkylation sites (N-methyl/N-ethyl adjacent to an activating group) is 1. The minimum Gasteiger partial charge on any atom is -0.374 e. The highest BCUT2D eigenvalue weighted by Gasteiger charge is 2.27. The van der Waals surface area contributed by atoms with Crippen molar-refractivity contribution >= 4 is 0 Å². The van der Waals surface area contributed by atoms with Gasteiger partial charge in [-0.25, -0.2) is 0 Å². The molecule has 0 bridgehead atoms. The maximum absolute atomic E-state index is 5.89. The molecule has 0 spiro atoms. The minimum atomic E-state index is 0.300. The molecule has 1 aliphatic heterocycles. The van der Waals surface area contributed by atoms with Crippen molar-refractivity contribution in [2.24, 2.45) is 0 Å². The van der Waals surface area contributed by atoms with E-state index >= 15 is 0 Å². The Hall–Kier alpha value is -0.560. The second kappa shape index (κ2) is 7.71. The molecule has 1 N–H and O–H groups in total. The van der Waals surface area contributed by atoms with Crippen molar-refractivity contribution < 1.29 is 4.74 Å². The van der Waals surface area contributed by atoms with Gasteiger partial charge < -0.3 is 10.1 Å². The van der Waals surface area contributed by atoms with Gasteiger partial charge in [0.2, 0.25) is 0 Å². The Morgan fingerprint density at radius 1 is 1.53 bits per heavy atom. The molecule has 3 heteroatoms. The van der Waals surface area contributed by atoms with E-state index in [1.54, 1.807) is 0 Å². The number of ether oxygens (including phenoxy) is 1. The number of hydrogen-bond donors (Lipinski definition) is 1. The van der Waals surface area contributed by atoms with E-state index < -0.39 is 0 Å². The highest BCUT2D eigenvalue weighted by atomic mass is 16.5. The van der Waals surface area contributed by atoms with Crippen molar-refractivity contribution in [2.75, 3.05) is 26.7 Å². The molecule has 0 aromatic heterocycles. The molecule has 1 rings (SSSR count). The van der Waals surface area contributed by atoms with Crippen LogP contribution in [0.25, 0.3) is 0 Å². The average Bonchev–Trinajstić information content (AvgIpc) is 2.35. The summed E-state index contributed by atoms with van der Waals surface area (Å²) in [6, 6.07) is 1.02. The Morgan fingerprint density at radius 3 is 2.88 bits per heavy atom. The first kappa shape index (κ1) is 14.5. The van der Waals surface area contributed by atoms with Gasteiger partial charge in [0, 0.05) is 31.6 Å². The quantitative estimate of drug-likeness (QED) is 0.560. The maximum atomic E-state index is 5.89. The van der Waals surface area contributed by atoms with Crippen LogP contribution in [-0.4, -0.2) is 49.8 Å². The monoisotopic (exact) mass is 238 g/mol. The third-order valence-electron chi connectivity index (χ3n) is 3.51. The molecular formula is C14H26N2O. The normalized spacial score (nSPS) is 23.6. The highest BCUT2D eigenvalue weighted by Crippen LogP contribution is 2.15. The van der Waals surface area contributed by atoms with Crippen LogP contribution in [0.1, 0.15) is 33.1 Å². The number of morpholine rings is 1. The molecular weight excluding hydrogens is 212 g/mol. The second-order valence-corrected chi connectivity index (χ2v) is 4.99. The van der Waals surface area contributed by atoms with Gasteiger partial charge in [-0.2, -0.15) is 0 Å². The van der Waals surface area contributed by atoms with Crippen LogP contribution < -0.4 is 5.32 Å². The molecule has 1 fully saturated rings. The summed E-state index contributed by atoms with van der Waals surface area (Å²) in [6.07, 6.45) is 8.61. The fourth-order valence-corrected chi connectivity index (χ4v) is 2.35. The summed E-state index contributed by atoms with van der Waals surface area (Å²) in [7, 11) is 2.01. The molecule has 0 aromatic carbocycles. The van der Waals surface area contributed by atoms with Gasteiger partial charge >= 0.3 is 0 Å². The molecule has 0 aliphatic carbocycles. The lowest BCUT2D eigenvalue weighted by Crippen LogP contribution is -2.53. The van der Waals surface area contributed by atoms with Crippen molar-refractivity contribution in [1.82, 2.24) is 10.2 Å². The molecule has 0 radical (unpaired) electrons. The van der Waals surface area contributed by atoms with Gasteiger partial charge in [0.1, 0.15) is 0 Å². The van der Waals surface area contributed by atoms with Crippen LogP contribution in [0, 0.1) is 12.3 Å². The van der Waals surface area contributed by atoms with Crippen LogP contribution in [-0.2, 0) is 4.74 Å². The third kappa shape index (κ3) is 4.67. The van der Waals surface area contributed by atoms with Crippen molar-refractivity contribution in [2.45, 2.75) is 51.3 Å². The Bertz CT molecular complexity index is 247. The number of nitrogens with zero attached hydrogens (tertiary/aromatic N) is 1. The predicted molar refractivity (Wildman–Crippen MR) is 72.0 cm³/mol. The zero-order chi connectivity index (χ0) is 12.7. The van der Waals surface area contributed by atoms with Gasteiger partial charge in [0.25, 0.3) is 0 Å². The van der Waals surface area contributed by atoms with Crippen molar-refractivity contribution in [3.63, 3.8) is 0 Å². The number of hydrogen-bond acceptors (Lipinski definition) is 3. The summed E-state index contributed by atoms with van der Waals surface area (Å²) >= 11 is 0. The Balaban J connectivity index is 2.42. The first-order chi connectivity index (χ1) is 8.19. The van der Waals surface area contributed by atoms with Crippen LogP contribution in [0.5, 0.6) is 0 Å². The van der Waals surface area contributed by atoms with Gasteiger partial charge in [-0.05, 0) is 33.7 Å². The zero-order valence-corrected chi connectivity index (χ0v) is 11.4. The summed E-state index contributed by atoms with van der Waals surface area (Å²) < 4.78 is 5.89. The van der Waals surface area contributed by atoms with E-state index in [9.17, 15) is 0 Å². The second-order valence-electron chi connectivity index (χ2n) is 4.99. The summed E-state index contributed by atoms with van der Waals surface area (Å²) in [5, 5.41) is 3.37. The van der Waals surface area contributed by atoms with Gasteiger partial charge in [0.05, 0.1) is 12.7 Å². The van der Waals surface area contributed by atoms with E-state index in [1.807, 2.05) is 7.05 Å². The zero-order valence-electron chi connectivity index (χ0n) is 11.4. The van der Waals surface area contributed by atoms with Crippen LogP contribution in [0.2, 0.25) is 0 Å². The van der Waals surface area contributed by atoms with Crippen LogP contribution in [0.15, 0.2) is 0 Å². The Morgan fingerprint density at radius 2 is 2.29 bits per heavy atom. The molecule has 17 heavy (non-hydrogen) atoms. The smallest absolute Gasteiger partial charge is 0.0855 e. The molecule has 0 saturated carbocycles. The SMILES string of the molecule is C#CCCCC(NC)C1CN(C(C)C)CCO1. The lowest BCUT2D eigenvalue weighted by Gasteiger charge is -2.39. The number of rotatable bonds is 6. The Kier molecular flexibility index (Phi) is 6.57. The van der Waals surface area contributed by atoms with Crippen LogP contribution in [0.4, 0.5) is 0 Å². The maximum Gasteiger partial charge on any atom is 0.0855 e. The molecule has 2 atom stereocenters. The van der Waals surface area contributed by atoms with Gasteiger partial charge in [-0.3, -0.25) is 4.90 Å². The van der Waals surface area contributed by atoms with E-state index in [0.29, 0.717) is 18.2 Å². The lowest BCUT2D eigenvalue weighted by atomic mass is 10.0. The summed E-state index contributed by atoms with van der Waals surface area (Å²) in [4.78, 5) is 2.49. The minimum absolute atomic E-state index is 0.300. The van der Waals surface area contributed by atoms with Crippen LogP contribution in [0.3, 0.4) is 0 Å². The largest absolute Gasteiger partial charge is 0.374 e. The van der Waals surface area contributed by atoms with Gasteiger partial charge in [-0.15, -0.1) is 12.3 Å². The molecule has 1 heterocycles. The first-order valence-corrected chi connectivity index (χ1v) is 6.65. The lowest BCUT2D eigenvalue weighted by molar-refractivity contribution is -0.0556. The molecule has 2 unspecified atom stereocenters. The topological polar surface area (TPSA) is 24.5 Å². The summed E-state index contributed by atoms with van der Waals surface area (Å²) in [6.45, 7) is 7.41.